The largest absolute Gasteiger partial charge is 0.393 e. The third-order valence-corrected chi connectivity index (χ3v) is 4.18. The van der Waals surface area contributed by atoms with Crippen molar-refractivity contribution in [2.24, 2.45) is 0 Å². The van der Waals surface area contributed by atoms with Gasteiger partial charge in [0.15, 0.2) is 9.84 Å². The number of nitro groups is 1. The Morgan fingerprint density at radius 2 is 2.05 bits per heavy atom. The van der Waals surface area contributed by atoms with Gasteiger partial charge in [0.2, 0.25) is 0 Å². The average Bonchev–Trinajstić information content (AvgIpc) is 2.25. The van der Waals surface area contributed by atoms with Crippen LogP contribution in [0, 0.1) is 10.1 Å². The van der Waals surface area contributed by atoms with Crippen molar-refractivity contribution in [1.29, 1.82) is 0 Å². The van der Waals surface area contributed by atoms with Gasteiger partial charge in [0, 0.05) is 18.4 Å². The van der Waals surface area contributed by atoms with Crippen LogP contribution in [-0.2, 0) is 9.84 Å². The number of aliphatic hydroxyl groups is 1. The molecule has 1 saturated carbocycles. The molecule has 0 aliphatic heterocycles. The van der Waals surface area contributed by atoms with Crippen molar-refractivity contribution >= 4 is 21.2 Å². The van der Waals surface area contributed by atoms with Crippen LogP contribution < -0.4 is 5.32 Å². The molecule has 2 N–H and O–H groups in total. The van der Waals surface area contributed by atoms with E-state index in [4.69, 9.17) is 0 Å². The summed E-state index contributed by atoms with van der Waals surface area (Å²) >= 11 is 0. The Balaban J connectivity index is 2.31. The molecule has 7 nitrogen and oxygen atoms in total. The second-order valence-electron chi connectivity index (χ2n) is 4.67. The fraction of sp³-hybridized carbons (Fsp3) is 0.455. The molecule has 1 aliphatic carbocycles. The number of nitro benzene ring substituents is 1. The van der Waals surface area contributed by atoms with Crippen molar-refractivity contribution in [2.45, 2.75) is 29.9 Å². The predicted octanol–water partition coefficient (Wildman–Crippen LogP) is 0.933. The lowest BCUT2D eigenvalue weighted by molar-refractivity contribution is -0.384. The van der Waals surface area contributed by atoms with Crippen LogP contribution in [0.1, 0.15) is 12.8 Å². The molecule has 0 amide bonds. The summed E-state index contributed by atoms with van der Waals surface area (Å²) in [6, 6.07) is 3.75. The number of hydrogen-bond donors (Lipinski definition) is 2. The van der Waals surface area contributed by atoms with E-state index in [-0.39, 0.29) is 28.4 Å². The maximum absolute atomic E-state index is 11.4. The molecule has 0 spiro atoms. The number of benzene rings is 1. The summed E-state index contributed by atoms with van der Waals surface area (Å²) in [6.45, 7) is 0. The van der Waals surface area contributed by atoms with E-state index in [0.717, 1.165) is 12.3 Å². The number of aliphatic hydroxyl groups excluding tert-OH is 1. The molecule has 8 heteroatoms. The standard InChI is InChI=1S/C11H14N2O5S/c1-19(17,18)9-2-3-10(11(6-9)13(15)16)12-7-4-8(14)5-7/h2-3,6-8,12,14H,4-5H2,1H3. The van der Waals surface area contributed by atoms with Crippen molar-refractivity contribution < 1.29 is 18.4 Å². The summed E-state index contributed by atoms with van der Waals surface area (Å²) in [5.41, 5.74) is -0.00128. The van der Waals surface area contributed by atoms with Crippen LogP contribution in [0.25, 0.3) is 0 Å². The maximum Gasteiger partial charge on any atom is 0.293 e. The average molecular weight is 286 g/mol. The highest BCUT2D eigenvalue weighted by Crippen LogP contribution is 2.31. The second-order valence-corrected chi connectivity index (χ2v) is 6.69. The third kappa shape index (κ3) is 3.02. The van der Waals surface area contributed by atoms with Crippen molar-refractivity contribution in [1.82, 2.24) is 0 Å². The molecule has 104 valence electrons. The van der Waals surface area contributed by atoms with Crippen LogP contribution in [-0.4, -0.2) is 36.8 Å². The minimum absolute atomic E-state index is 0.0159. The molecule has 1 aliphatic rings. The fourth-order valence-corrected chi connectivity index (χ4v) is 2.58. The fourth-order valence-electron chi connectivity index (χ4n) is 1.94. The monoisotopic (exact) mass is 286 g/mol. The van der Waals surface area contributed by atoms with Gasteiger partial charge in [0.05, 0.1) is 15.9 Å². The van der Waals surface area contributed by atoms with Gasteiger partial charge in [-0.1, -0.05) is 0 Å². The molecular formula is C11H14N2O5S. The number of hydrogen-bond acceptors (Lipinski definition) is 6. The number of anilines is 1. The summed E-state index contributed by atoms with van der Waals surface area (Å²) in [6.07, 6.45) is 1.70. The molecule has 0 aromatic heterocycles. The van der Waals surface area contributed by atoms with Crippen LogP contribution in [0.4, 0.5) is 11.4 Å². The van der Waals surface area contributed by atoms with Gasteiger partial charge in [-0.3, -0.25) is 10.1 Å². The van der Waals surface area contributed by atoms with E-state index in [1.807, 2.05) is 0 Å². The lowest BCUT2D eigenvalue weighted by atomic mass is 9.89. The van der Waals surface area contributed by atoms with Gasteiger partial charge in [-0.05, 0) is 25.0 Å². The van der Waals surface area contributed by atoms with Crippen molar-refractivity contribution in [2.75, 3.05) is 11.6 Å². The van der Waals surface area contributed by atoms with E-state index in [9.17, 15) is 23.6 Å². The van der Waals surface area contributed by atoms with Gasteiger partial charge in [-0.2, -0.15) is 0 Å². The van der Waals surface area contributed by atoms with Crippen LogP contribution in [0.3, 0.4) is 0 Å². The first-order chi connectivity index (χ1) is 8.77. The van der Waals surface area contributed by atoms with Crippen LogP contribution in [0.5, 0.6) is 0 Å². The van der Waals surface area contributed by atoms with Gasteiger partial charge in [-0.25, -0.2) is 8.42 Å². The van der Waals surface area contributed by atoms with E-state index in [0.29, 0.717) is 12.8 Å². The summed E-state index contributed by atoms with van der Waals surface area (Å²) in [7, 11) is -3.48. The molecule has 0 unspecified atom stereocenters. The van der Waals surface area contributed by atoms with Gasteiger partial charge in [0.1, 0.15) is 5.69 Å². The molecule has 1 fully saturated rings. The Morgan fingerprint density at radius 1 is 1.42 bits per heavy atom. The van der Waals surface area contributed by atoms with Crippen LogP contribution in [0.15, 0.2) is 23.1 Å². The van der Waals surface area contributed by atoms with E-state index in [2.05, 4.69) is 5.32 Å². The molecule has 0 bridgehead atoms. The molecule has 0 radical (unpaired) electrons. The quantitative estimate of drug-likeness (QED) is 0.629. The number of nitrogens with zero attached hydrogens (tertiary/aromatic N) is 1. The summed E-state index contributed by atoms with van der Waals surface area (Å²) in [5.74, 6) is 0. The smallest absolute Gasteiger partial charge is 0.293 e. The molecule has 2 rings (SSSR count). The number of nitrogens with one attached hydrogen (secondary N) is 1. The summed E-state index contributed by atoms with van der Waals surface area (Å²) in [4.78, 5) is 10.3. The Kier molecular flexibility index (Phi) is 3.46. The molecule has 0 atom stereocenters. The normalized spacial score (nSPS) is 22.6. The molecule has 0 saturated heterocycles. The minimum atomic E-state index is -3.48. The Morgan fingerprint density at radius 3 is 2.53 bits per heavy atom. The lowest BCUT2D eigenvalue weighted by Crippen LogP contribution is -2.39. The van der Waals surface area contributed by atoms with Gasteiger partial charge >= 0.3 is 0 Å². The molecule has 1 aromatic carbocycles. The molecule has 19 heavy (non-hydrogen) atoms. The highest BCUT2D eigenvalue weighted by molar-refractivity contribution is 7.90. The van der Waals surface area contributed by atoms with Crippen LogP contribution in [0.2, 0.25) is 0 Å². The topological polar surface area (TPSA) is 110 Å². The number of rotatable bonds is 4. The van der Waals surface area contributed by atoms with Gasteiger partial charge in [0.25, 0.3) is 5.69 Å². The zero-order valence-electron chi connectivity index (χ0n) is 10.2. The first-order valence-electron chi connectivity index (χ1n) is 5.70. The maximum atomic E-state index is 11.4. The second kappa shape index (κ2) is 4.78. The predicted molar refractivity (Wildman–Crippen MR) is 68.9 cm³/mol. The van der Waals surface area contributed by atoms with Gasteiger partial charge < -0.3 is 10.4 Å². The van der Waals surface area contributed by atoms with Crippen molar-refractivity contribution in [3.63, 3.8) is 0 Å². The summed E-state index contributed by atoms with van der Waals surface area (Å²) in [5, 5.41) is 23.1. The minimum Gasteiger partial charge on any atom is -0.393 e. The molecular weight excluding hydrogens is 272 g/mol. The zero-order chi connectivity index (χ0) is 14.2. The SMILES string of the molecule is CS(=O)(=O)c1ccc(NC2CC(O)C2)c([N+](=O)[O-])c1. The van der Waals surface area contributed by atoms with Crippen molar-refractivity contribution in [3.05, 3.63) is 28.3 Å². The zero-order valence-corrected chi connectivity index (χ0v) is 11.1. The van der Waals surface area contributed by atoms with E-state index in [1.165, 1.54) is 12.1 Å². The first-order valence-corrected chi connectivity index (χ1v) is 7.59. The molecule has 1 aromatic rings. The third-order valence-electron chi connectivity index (χ3n) is 3.07. The lowest BCUT2D eigenvalue weighted by Gasteiger charge is -2.32. The highest BCUT2D eigenvalue weighted by Gasteiger charge is 2.29. The Labute approximate surface area is 110 Å². The highest BCUT2D eigenvalue weighted by atomic mass is 32.2. The Hall–Kier alpha value is -1.67. The molecule has 0 heterocycles. The number of sulfone groups is 1. The van der Waals surface area contributed by atoms with E-state index >= 15 is 0 Å². The van der Waals surface area contributed by atoms with Crippen molar-refractivity contribution in [3.8, 4) is 0 Å². The van der Waals surface area contributed by atoms with E-state index in [1.54, 1.807) is 0 Å². The Bertz CT molecular complexity index is 608. The van der Waals surface area contributed by atoms with E-state index < -0.39 is 14.8 Å². The first kappa shape index (κ1) is 13.8. The van der Waals surface area contributed by atoms with Crippen LogP contribution >= 0.6 is 0 Å². The van der Waals surface area contributed by atoms with Gasteiger partial charge in [-0.15, -0.1) is 0 Å². The summed E-state index contributed by atoms with van der Waals surface area (Å²) < 4.78 is 22.8.